The number of hydrogen-bond donors (Lipinski definition) is 0. The molecule has 5 heteroatoms. The molecule has 0 aliphatic rings. The van der Waals surface area contributed by atoms with Crippen molar-refractivity contribution in [2.24, 2.45) is 0 Å². The topological polar surface area (TPSA) is 36.7 Å². The van der Waals surface area contributed by atoms with Crippen molar-refractivity contribution in [3.63, 3.8) is 0 Å². The van der Waals surface area contributed by atoms with Gasteiger partial charge in [-0.2, -0.15) is 5.26 Å². The summed E-state index contributed by atoms with van der Waals surface area (Å²) >= 11 is 5.75. The Balaban J connectivity index is 2.50. The zero-order valence-electron chi connectivity index (χ0n) is 8.42. The summed E-state index contributed by atoms with van der Waals surface area (Å²) in [6.07, 6.45) is 0. The lowest BCUT2D eigenvalue weighted by molar-refractivity contribution is 0.509. The molecule has 0 aliphatic heterocycles. The van der Waals surface area contributed by atoms with E-state index in [-0.39, 0.29) is 10.7 Å². The lowest BCUT2D eigenvalue weighted by Crippen LogP contribution is -1.90. The Morgan fingerprint density at radius 3 is 2.47 bits per heavy atom. The van der Waals surface area contributed by atoms with Crippen molar-refractivity contribution in [3.05, 3.63) is 52.7 Å². The maximum absolute atomic E-state index is 13.0. The predicted molar refractivity (Wildman–Crippen MR) is 59.3 cm³/mol. The van der Waals surface area contributed by atoms with Gasteiger partial charge >= 0.3 is 0 Å². The Morgan fingerprint density at radius 2 is 1.88 bits per heavy atom. The van der Waals surface area contributed by atoms with Crippen LogP contribution in [-0.2, 0) is 0 Å². The van der Waals surface area contributed by atoms with Gasteiger partial charge in [-0.1, -0.05) is 11.6 Å². The summed E-state index contributed by atoms with van der Waals surface area (Å²) in [6.45, 7) is 0. The number of halogens is 3. The molecule has 0 amide bonds. The van der Waals surface area contributed by atoms with Crippen molar-refractivity contribution < 1.29 is 8.78 Å². The number of pyridine rings is 1. The Bertz CT molecular complexity index is 620. The molecule has 2 rings (SSSR count). The molecule has 0 bridgehead atoms. The van der Waals surface area contributed by atoms with Gasteiger partial charge in [0.15, 0.2) is 11.6 Å². The van der Waals surface area contributed by atoms with E-state index in [0.717, 1.165) is 12.1 Å². The standard InChI is InChI=1S/C12H5ClF2N2/c13-12-8(6-16)2-4-11(17-12)7-1-3-9(14)10(15)5-7/h1-5H. The molecule has 0 radical (unpaired) electrons. The number of aromatic nitrogens is 1. The minimum absolute atomic E-state index is 0.0368. The molecule has 1 heterocycles. The van der Waals surface area contributed by atoms with Crippen LogP contribution in [0.25, 0.3) is 11.3 Å². The van der Waals surface area contributed by atoms with E-state index in [4.69, 9.17) is 16.9 Å². The number of nitrogens with zero attached hydrogens (tertiary/aromatic N) is 2. The van der Waals surface area contributed by atoms with Crippen molar-refractivity contribution in [2.45, 2.75) is 0 Å². The average molecular weight is 251 g/mol. The first-order valence-corrected chi connectivity index (χ1v) is 5.01. The summed E-state index contributed by atoms with van der Waals surface area (Å²) in [7, 11) is 0. The van der Waals surface area contributed by atoms with Crippen molar-refractivity contribution in [1.82, 2.24) is 4.98 Å². The molecular formula is C12H5ClF2N2. The minimum atomic E-state index is -0.954. The first-order chi connectivity index (χ1) is 8.11. The van der Waals surface area contributed by atoms with Gasteiger partial charge in [-0.05, 0) is 30.3 Å². The fraction of sp³-hybridized carbons (Fsp3) is 0. The van der Waals surface area contributed by atoms with Gasteiger partial charge in [-0.25, -0.2) is 13.8 Å². The first kappa shape index (κ1) is 11.5. The fourth-order valence-electron chi connectivity index (χ4n) is 1.33. The smallest absolute Gasteiger partial charge is 0.159 e. The summed E-state index contributed by atoms with van der Waals surface area (Å²) in [5.74, 6) is -1.88. The van der Waals surface area contributed by atoms with Crippen LogP contribution in [0.4, 0.5) is 8.78 Å². The highest BCUT2D eigenvalue weighted by atomic mass is 35.5. The van der Waals surface area contributed by atoms with Gasteiger partial charge in [0.25, 0.3) is 0 Å². The Morgan fingerprint density at radius 1 is 1.12 bits per heavy atom. The highest BCUT2D eigenvalue weighted by Gasteiger charge is 2.08. The van der Waals surface area contributed by atoms with Crippen molar-refractivity contribution in [2.75, 3.05) is 0 Å². The van der Waals surface area contributed by atoms with Crippen LogP contribution >= 0.6 is 11.6 Å². The molecule has 2 nitrogen and oxygen atoms in total. The molecule has 84 valence electrons. The van der Waals surface area contributed by atoms with Crippen molar-refractivity contribution in [1.29, 1.82) is 5.26 Å². The van der Waals surface area contributed by atoms with Gasteiger partial charge < -0.3 is 0 Å². The maximum atomic E-state index is 13.0. The van der Waals surface area contributed by atoms with Crippen molar-refractivity contribution in [3.8, 4) is 17.3 Å². The molecule has 1 aromatic carbocycles. The Kier molecular flexibility index (Phi) is 3.03. The van der Waals surface area contributed by atoms with Gasteiger partial charge in [0.05, 0.1) is 11.3 Å². The predicted octanol–water partition coefficient (Wildman–Crippen LogP) is 3.55. The third-order valence-corrected chi connectivity index (χ3v) is 2.47. The number of benzene rings is 1. The molecule has 0 fully saturated rings. The van der Waals surface area contributed by atoms with E-state index in [9.17, 15) is 8.78 Å². The number of rotatable bonds is 1. The van der Waals surface area contributed by atoms with Crippen LogP contribution in [0.2, 0.25) is 5.15 Å². The van der Waals surface area contributed by atoms with E-state index < -0.39 is 11.6 Å². The van der Waals surface area contributed by atoms with Crippen molar-refractivity contribution >= 4 is 11.6 Å². The number of hydrogen-bond acceptors (Lipinski definition) is 2. The quantitative estimate of drug-likeness (QED) is 0.726. The maximum Gasteiger partial charge on any atom is 0.159 e. The molecule has 2 aromatic rings. The van der Waals surface area contributed by atoms with E-state index in [1.54, 1.807) is 0 Å². The van der Waals surface area contributed by atoms with E-state index in [0.29, 0.717) is 11.3 Å². The normalized spacial score (nSPS) is 10.0. The fourth-order valence-corrected chi connectivity index (χ4v) is 1.53. The minimum Gasteiger partial charge on any atom is -0.235 e. The Labute approximate surface area is 101 Å². The van der Waals surface area contributed by atoms with Crippen LogP contribution in [0, 0.1) is 23.0 Å². The largest absolute Gasteiger partial charge is 0.235 e. The van der Waals surface area contributed by atoms with E-state index in [1.165, 1.54) is 18.2 Å². The summed E-state index contributed by atoms with van der Waals surface area (Å²) in [5.41, 5.74) is 1.01. The summed E-state index contributed by atoms with van der Waals surface area (Å²) < 4.78 is 25.8. The van der Waals surface area contributed by atoms with E-state index >= 15 is 0 Å². The molecule has 0 saturated carbocycles. The van der Waals surface area contributed by atoms with Crippen LogP contribution in [0.3, 0.4) is 0 Å². The number of nitriles is 1. The second-order valence-corrected chi connectivity index (χ2v) is 3.63. The molecular weight excluding hydrogens is 246 g/mol. The molecule has 0 atom stereocenters. The molecule has 0 spiro atoms. The summed E-state index contributed by atoms with van der Waals surface area (Å²) in [4.78, 5) is 3.94. The van der Waals surface area contributed by atoms with Gasteiger partial charge in [-0.3, -0.25) is 0 Å². The molecule has 0 N–H and O–H groups in total. The van der Waals surface area contributed by atoms with Gasteiger partial charge in [0, 0.05) is 5.56 Å². The van der Waals surface area contributed by atoms with Gasteiger partial charge in [0.2, 0.25) is 0 Å². The second kappa shape index (κ2) is 4.48. The third kappa shape index (κ3) is 2.24. The summed E-state index contributed by atoms with van der Waals surface area (Å²) in [5, 5.41) is 8.71. The van der Waals surface area contributed by atoms with Crippen LogP contribution in [-0.4, -0.2) is 4.98 Å². The van der Waals surface area contributed by atoms with Crippen LogP contribution in [0.15, 0.2) is 30.3 Å². The van der Waals surface area contributed by atoms with Crippen LogP contribution in [0.1, 0.15) is 5.56 Å². The van der Waals surface area contributed by atoms with Crippen LogP contribution in [0.5, 0.6) is 0 Å². The summed E-state index contributed by atoms with van der Waals surface area (Å²) in [6, 6.07) is 8.30. The lowest BCUT2D eigenvalue weighted by Gasteiger charge is -2.03. The van der Waals surface area contributed by atoms with Gasteiger partial charge in [0.1, 0.15) is 11.2 Å². The molecule has 1 aromatic heterocycles. The van der Waals surface area contributed by atoms with Gasteiger partial charge in [-0.15, -0.1) is 0 Å². The average Bonchev–Trinajstić information content (AvgIpc) is 2.32. The lowest BCUT2D eigenvalue weighted by atomic mass is 10.1. The zero-order valence-corrected chi connectivity index (χ0v) is 9.17. The highest BCUT2D eigenvalue weighted by Crippen LogP contribution is 2.22. The Hall–Kier alpha value is -1.99. The zero-order chi connectivity index (χ0) is 12.4. The molecule has 0 aliphatic carbocycles. The van der Waals surface area contributed by atoms with Crippen LogP contribution < -0.4 is 0 Å². The van der Waals surface area contributed by atoms with E-state index in [1.807, 2.05) is 6.07 Å². The first-order valence-electron chi connectivity index (χ1n) is 4.64. The highest BCUT2D eigenvalue weighted by molar-refractivity contribution is 6.30. The third-order valence-electron chi connectivity index (χ3n) is 2.18. The molecule has 17 heavy (non-hydrogen) atoms. The monoisotopic (exact) mass is 250 g/mol. The second-order valence-electron chi connectivity index (χ2n) is 3.28. The van der Waals surface area contributed by atoms with E-state index in [2.05, 4.69) is 4.98 Å². The SMILES string of the molecule is N#Cc1ccc(-c2ccc(F)c(F)c2)nc1Cl. The molecule has 0 unspecified atom stereocenters. The molecule has 0 saturated heterocycles.